The van der Waals surface area contributed by atoms with Gasteiger partial charge in [-0.2, -0.15) is 5.10 Å². The first-order chi connectivity index (χ1) is 9.61. The summed E-state index contributed by atoms with van der Waals surface area (Å²) in [6.45, 7) is 5.25. The van der Waals surface area contributed by atoms with Gasteiger partial charge in [-0.05, 0) is 50.5 Å². The molecule has 4 heteroatoms. The van der Waals surface area contributed by atoms with Crippen molar-refractivity contribution in [3.63, 3.8) is 0 Å². The Balaban J connectivity index is 1.76. The lowest BCUT2D eigenvalue weighted by Gasteiger charge is -2.09. The summed E-state index contributed by atoms with van der Waals surface area (Å²) in [5.74, 6) is -0.160. The van der Waals surface area contributed by atoms with Gasteiger partial charge in [0.25, 0.3) is 0 Å². The molecule has 0 amide bonds. The van der Waals surface area contributed by atoms with Gasteiger partial charge in [0.05, 0.1) is 12.2 Å². The van der Waals surface area contributed by atoms with Crippen molar-refractivity contribution in [3.05, 3.63) is 52.6 Å². The van der Waals surface area contributed by atoms with Crippen molar-refractivity contribution in [3.8, 4) is 0 Å². The standard InChI is InChI=1S/C16H20FN3/c1-11-7-12(2)20(19-11)10-14-8-13(3-6-16(14)17)9-18-15-4-5-15/h3,6-8,15,18H,4-5,9-10H2,1-2H3. The zero-order valence-corrected chi connectivity index (χ0v) is 12.0. The summed E-state index contributed by atoms with van der Waals surface area (Å²) in [4.78, 5) is 0. The fourth-order valence-electron chi connectivity index (χ4n) is 2.41. The van der Waals surface area contributed by atoms with Crippen LogP contribution < -0.4 is 5.32 Å². The molecule has 0 spiro atoms. The van der Waals surface area contributed by atoms with E-state index in [0.29, 0.717) is 18.2 Å². The maximum Gasteiger partial charge on any atom is 0.128 e. The fraction of sp³-hybridized carbons (Fsp3) is 0.438. The molecule has 0 radical (unpaired) electrons. The quantitative estimate of drug-likeness (QED) is 0.907. The van der Waals surface area contributed by atoms with Gasteiger partial charge in [0.15, 0.2) is 0 Å². The van der Waals surface area contributed by atoms with E-state index >= 15 is 0 Å². The number of nitrogens with one attached hydrogen (secondary N) is 1. The van der Waals surface area contributed by atoms with Crippen molar-refractivity contribution < 1.29 is 4.39 Å². The lowest BCUT2D eigenvalue weighted by Crippen LogP contribution is -2.15. The van der Waals surface area contributed by atoms with Gasteiger partial charge in [0.2, 0.25) is 0 Å². The largest absolute Gasteiger partial charge is 0.310 e. The number of aryl methyl sites for hydroxylation is 2. The Bertz CT molecular complexity index is 614. The van der Waals surface area contributed by atoms with Gasteiger partial charge in [-0.1, -0.05) is 6.07 Å². The summed E-state index contributed by atoms with van der Waals surface area (Å²) in [6, 6.07) is 8.04. The molecular weight excluding hydrogens is 253 g/mol. The van der Waals surface area contributed by atoms with Crippen molar-refractivity contribution in [2.75, 3.05) is 0 Å². The van der Waals surface area contributed by atoms with Crippen LogP contribution in [0.3, 0.4) is 0 Å². The average molecular weight is 273 g/mol. The molecule has 2 aromatic rings. The summed E-state index contributed by atoms with van der Waals surface area (Å²) >= 11 is 0. The van der Waals surface area contributed by atoms with E-state index in [1.165, 1.54) is 12.8 Å². The number of aromatic nitrogens is 2. The van der Waals surface area contributed by atoms with Crippen molar-refractivity contribution >= 4 is 0 Å². The Hall–Kier alpha value is -1.68. The number of halogens is 1. The Morgan fingerprint density at radius 3 is 2.75 bits per heavy atom. The third kappa shape index (κ3) is 3.07. The summed E-state index contributed by atoms with van der Waals surface area (Å²) in [5, 5.41) is 7.85. The normalized spacial score (nSPS) is 14.8. The average Bonchev–Trinajstić information content (AvgIpc) is 3.17. The molecule has 0 bridgehead atoms. The molecule has 1 aliphatic rings. The predicted molar refractivity (Wildman–Crippen MR) is 77.1 cm³/mol. The van der Waals surface area contributed by atoms with Crippen LogP contribution in [0.5, 0.6) is 0 Å². The van der Waals surface area contributed by atoms with Gasteiger partial charge >= 0.3 is 0 Å². The van der Waals surface area contributed by atoms with Crippen molar-refractivity contribution in [2.24, 2.45) is 0 Å². The number of rotatable bonds is 5. The van der Waals surface area contributed by atoms with Gasteiger partial charge in [0, 0.05) is 23.8 Å². The summed E-state index contributed by atoms with van der Waals surface area (Å²) in [5.41, 5.74) is 3.86. The van der Waals surface area contributed by atoms with E-state index in [1.807, 2.05) is 36.7 Å². The summed E-state index contributed by atoms with van der Waals surface area (Å²) < 4.78 is 15.8. The first-order valence-electron chi connectivity index (χ1n) is 7.13. The van der Waals surface area contributed by atoms with Gasteiger partial charge in [-0.3, -0.25) is 4.68 Å². The van der Waals surface area contributed by atoms with E-state index in [0.717, 1.165) is 23.5 Å². The molecule has 3 nitrogen and oxygen atoms in total. The zero-order chi connectivity index (χ0) is 14.1. The van der Waals surface area contributed by atoms with Crippen LogP contribution in [0.4, 0.5) is 4.39 Å². The molecule has 1 aliphatic carbocycles. The van der Waals surface area contributed by atoms with Crippen LogP contribution in [0.15, 0.2) is 24.3 Å². The van der Waals surface area contributed by atoms with Crippen LogP contribution in [-0.4, -0.2) is 15.8 Å². The van der Waals surface area contributed by atoms with Crippen molar-refractivity contribution in [1.82, 2.24) is 15.1 Å². The Morgan fingerprint density at radius 1 is 1.30 bits per heavy atom. The smallest absolute Gasteiger partial charge is 0.128 e. The summed E-state index contributed by atoms with van der Waals surface area (Å²) in [7, 11) is 0. The molecule has 1 saturated carbocycles. The fourth-order valence-corrected chi connectivity index (χ4v) is 2.41. The lowest BCUT2D eigenvalue weighted by molar-refractivity contribution is 0.576. The molecule has 1 heterocycles. The van der Waals surface area contributed by atoms with Crippen LogP contribution in [0, 0.1) is 19.7 Å². The number of hydrogen-bond donors (Lipinski definition) is 1. The minimum absolute atomic E-state index is 0.160. The highest BCUT2D eigenvalue weighted by Gasteiger charge is 2.20. The molecule has 1 aromatic heterocycles. The minimum atomic E-state index is -0.160. The van der Waals surface area contributed by atoms with E-state index in [4.69, 9.17) is 0 Å². The lowest BCUT2D eigenvalue weighted by atomic mass is 10.1. The molecule has 3 rings (SSSR count). The number of hydrogen-bond acceptors (Lipinski definition) is 2. The van der Waals surface area contributed by atoms with Crippen LogP contribution in [0.2, 0.25) is 0 Å². The molecule has 1 aromatic carbocycles. The number of benzene rings is 1. The van der Waals surface area contributed by atoms with E-state index in [1.54, 1.807) is 6.07 Å². The topological polar surface area (TPSA) is 29.9 Å². The van der Waals surface area contributed by atoms with E-state index in [2.05, 4.69) is 10.4 Å². The molecule has 0 aliphatic heterocycles. The maximum absolute atomic E-state index is 13.9. The zero-order valence-electron chi connectivity index (χ0n) is 12.0. The van der Waals surface area contributed by atoms with Gasteiger partial charge in [0.1, 0.15) is 5.82 Å². The second-order valence-electron chi connectivity index (χ2n) is 5.67. The third-order valence-corrected chi connectivity index (χ3v) is 3.71. The van der Waals surface area contributed by atoms with Crippen molar-refractivity contribution in [1.29, 1.82) is 0 Å². The third-order valence-electron chi connectivity index (χ3n) is 3.71. The van der Waals surface area contributed by atoms with Gasteiger partial charge in [-0.25, -0.2) is 4.39 Å². The molecule has 0 unspecified atom stereocenters. The van der Waals surface area contributed by atoms with Crippen LogP contribution in [0.25, 0.3) is 0 Å². The molecule has 106 valence electrons. The van der Waals surface area contributed by atoms with Gasteiger partial charge in [-0.15, -0.1) is 0 Å². The first kappa shape index (κ1) is 13.3. The molecule has 0 saturated heterocycles. The Labute approximate surface area is 118 Å². The first-order valence-corrected chi connectivity index (χ1v) is 7.13. The molecule has 1 fully saturated rings. The van der Waals surface area contributed by atoms with Crippen LogP contribution in [0.1, 0.15) is 35.4 Å². The molecule has 1 N–H and O–H groups in total. The Kier molecular flexibility index (Phi) is 3.57. The second-order valence-corrected chi connectivity index (χ2v) is 5.67. The highest BCUT2D eigenvalue weighted by Crippen LogP contribution is 2.20. The molecular formula is C16H20FN3. The molecule has 20 heavy (non-hydrogen) atoms. The van der Waals surface area contributed by atoms with Crippen molar-refractivity contribution in [2.45, 2.75) is 45.8 Å². The van der Waals surface area contributed by atoms with E-state index < -0.39 is 0 Å². The van der Waals surface area contributed by atoms with E-state index in [-0.39, 0.29) is 5.82 Å². The van der Waals surface area contributed by atoms with E-state index in [9.17, 15) is 4.39 Å². The predicted octanol–water partition coefficient (Wildman–Crippen LogP) is 2.94. The highest BCUT2D eigenvalue weighted by atomic mass is 19.1. The monoisotopic (exact) mass is 273 g/mol. The minimum Gasteiger partial charge on any atom is -0.310 e. The second kappa shape index (κ2) is 5.37. The van der Waals surface area contributed by atoms with Crippen LogP contribution in [-0.2, 0) is 13.1 Å². The summed E-state index contributed by atoms with van der Waals surface area (Å²) in [6.07, 6.45) is 2.53. The number of nitrogens with zero attached hydrogens (tertiary/aromatic N) is 2. The van der Waals surface area contributed by atoms with Crippen LogP contribution >= 0.6 is 0 Å². The molecule has 0 atom stereocenters. The SMILES string of the molecule is Cc1cc(C)n(Cc2cc(CNC3CC3)ccc2F)n1. The maximum atomic E-state index is 13.9. The van der Waals surface area contributed by atoms with Gasteiger partial charge < -0.3 is 5.32 Å². The Morgan fingerprint density at radius 2 is 2.10 bits per heavy atom. The highest BCUT2D eigenvalue weighted by molar-refractivity contribution is 5.26.